The van der Waals surface area contributed by atoms with Gasteiger partial charge in [0.1, 0.15) is 6.04 Å². The van der Waals surface area contributed by atoms with Gasteiger partial charge in [0.25, 0.3) is 5.91 Å². The summed E-state index contributed by atoms with van der Waals surface area (Å²) >= 11 is 0. The van der Waals surface area contributed by atoms with Crippen molar-refractivity contribution >= 4 is 29.5 Å². The lowest BCUT2D eigenvalue weighted by Crippen LogP contribution is -2.45. The lowest BCUT2D eigenvalue weighted by atomic mass is 10.3. The average molecular weight is 374 g/mol. The molecule has 1 atom stereocenters. The van der Waals surface area contributed by atoms with Crippen molar-refractivity contribution in [1.29, 1.82) is 0 Å². The first-order valence-electron chi connectivity index (χ1n) is 7.87. The number of hydrazine groups is 1. The van der Waals surface area contributed by atoms with Crippen molar-refractivity contribution in [2.24, 2.45) is 0 Å². The summed E-state index contributed by atoms with van der Waals surface area (Å²) in [5, 5.41) is 4.93. The highest BCUT2D eigenvalue weighted by Crippen LogP contribution is 2.04. The third-order valence-corrected chi connectivity index (χ3v) is 3.14. The Morgan fingerprint density at radius 1 is 1.04 bits per heavy atom. The number of ether oxygens (including phenoxy) is 1. The van der Waals surface area contributed by atoms with Gasteiger partial charge < -0.3 is 19.8 Å². The molecule has 0 radical (unpaired) electrons. The van der Waals surface area contributed by atoms with Crippen molar-refractivity contribution < 1.29 is 28.3 Å². The fourth-order valence-electron chi connectivity index (χ4n) is 1.84. The van der Waals surface area contributed by atoms with Crippen LogP contribution in [0.3, 0.4) is 0 Å². The number of urea groups is 1. The Bertz CT molecular complexity index is 791. The molecular weight excluding hydrogens is 356 g/mol. The number of benzene rings is 1. The molecule has 2 rings (SSSR count). The smallest absolute Gasteiger partial charge is 0.328 e. The molecule has 4 amide bonds. The van der Waals surface area contributed by atoms with E-state index in [-0.39, 0.29) is 5.76 Å². The van der Waals surface area contributed by atoms with Crippen molar-refractivity contribution in [2.45, 2.75) is 13.0 Å². The first kappa shape index (κ1) is 19.5. The van der Waals surface area contributed by atoms with Gasteiger partial charge in [-0.25, -0.2) is 9.59 Å². The molecular formula is C17H18N4O6. The van der Waals surface area contributed by atoms with Crippen LogP contribution in [0.15, 0.2) is 53.1 Å². The third-order valence-electron chi connectivity index (χ3n) is 3.14. The summed E-state index contributed by atoms with van der Waals surface area (Å²) in [5.41, 5.74) is 4.71. The van der Waals surface area contributed by atoms with Crippen LogP contribution in [0.25, 0.3) is 0 Å². The number of esters is 1. The molecule has 0 saturated heterocycles. The van der Waals surface area contributed by atoms with Crippen LogP contribution in [-0.4, -0.2) is 36.5 Å². The molecule has 2 aromatic rings. The van der Waals surface area contributed by atoms with Crippen LogP contribution in [0, 0.1) is 0 Å². The minimum absolute atomic E-state index is 0.00884. The number of anilines is 1. The third kappa shape index (κ3) is 6.53. The fourth-order valence-corrected chi connectivity index (χ4v) is 1.84. The van der Waals surface area contributed by atoms with E-state index in [0.29, 0.717) is 5.69 Å². The van der Waals surface area contributed by atoms with Crippen LogP contribution in [0.1, 0.15) is 17.5 Å². The summed E-state index contributed by atoms with van der Waals surface area (Å²) in [6.45, 7) is 0.771. The number of hydrogen-bond donors (Lipinski definition) is 4. The monoisotopic (exact) mass is 374 g/mol. The van der Waals surface area contributed by atoms with Crippen molar-refractivity contribution in [2.75, 3.05) is 11.9 Å². The van der Waals surface area contributed by atoms with Crippen molar-refractivity contribution in [3.05, 3.63) is 54.5 Å². The minimum atomic E-state index is -0.987. The van der Waals surface area contributed by atoms with Crippen LogP contribution in [0.5, 0.6) is 0 Å². The standard InChI is InChI=1S/C17H18N4O6/c1-11(18-17(25)19-12-6-3-2-4-7-12)16(24)27-10-14(22)20-21-15(23)13-8-5-9-26-13/h2-9,11H,10H2,1H3,(H,20,22)(H,21,23)(H2,18,19,25)/t11-/m0/s1. The van der Waals surface area contributed by atoms with Gasteiger partial charge in [0.05, 0.1) is 6.26 Å². The molecule has 4 N–H and O–H groups in total. The predicted octanol–water partition coefficient (Wildman–Crippen LogP) is 0.794. The quantitative estimate of drug-likeness (QED) is 0.436. The van der Waals surface area contributed by atoms with Crippen LogP contribution in [0.2, 0.25) is 0 Å². The Morgan fingerprint density at radius 2 is 1.78 bits per heavy atom. The first-order valence-corrected chi connectivity index (χ1v) is 7.87. The first-order chi connectivity index (χ1) is 13.0. The van der Waals surface area contributed by atoms with Crippen LogP contribution >= 0.6 is 0 Å². The topological polar surface area (TPSA) is 139 Å². The molecule has 0 aliphatic carbocycles. The SMILES string of the molecule is C[C@H](NC(=O)Nc1ccccc1)C(=O)OCC(=O)NNC(=O)c1ccco1. The number of nitrogens with one attached hydrogen (secondary N) is 4. The second-order valence-electron chi connectivity index (χ2n) is 5.27. The van der Waals surface area contributed by atoms with Crippen molar-refractivity contribution in [3.63, 3.8) is 0 Å². The Hall–Kier alpha value is -3.82. The zero-order valence-corrected chi connectivity index (χ0v) is 14.4. The molecule has 0 aliphatic heterocycles. The number of carbonyl (C=O) groups excluding carboxylic acids is 4. The number of para-hydroxylation sites is 1. The van der Waals surface area contributed by atoms with E-state index in [1.54, 1.807) is 30.3 Å². The van der Waals surface area contributed by atoms with E-state index in [1.807, 2.05) is 0 Å². The Balaban J connectivity index is 1.67. The number of furan rings is 1. The molecule has 1 aromatic heterocycles. The normalized spacial score (nSPS) is 11.0. The molecule has 27 heavy (non-hydrogen) atoms. The van der Waals surface area contributed by atoms with E-state index in [1.165, 1.54) is 25.3 Å². The minimum Gasteiger partial charge on any atom is -0.459 e. The summed E-state index contributed by atoms with van der Waals surface area (Å²) in [6, 6.07) is 10.0. The zero-order chi connectivity index (χ0) is 19.6. The lowest BCUT2D eigenvalue weighted by molar-refractivity contribution is -0.150. The molecule has 0 fully saturated rings. The summed E-state index contributed by atoms with van der Waals surface area (Å²) in [5.74, 6) is -2.23. The summed E-state index contributed by atoms with van der Waals surface area (Å²) < 4.78 is 9.61. The molecule has 1 heterocycles. The molecule has 0 unspecified atom stereocenters. The second kappa shape index (κ2) is 9.61. The van der Waals surface area contributed by atoms with Gasteiger partial charge in [-0.2, -0.15) is 0 Å². The van der Waals surface area contributed by atoms with E-state index in [2.05, 4.69) is 21.5 Å². The average Bonchev–Trinajstić information content (AvgIpc) is 3.19. The summed E-state index contributed by atoms with van der Waals surface area (Å²) in [7, 11) is 0. The maximum atomic E-state index is 11.8. The second-order valence-corrected chi connectivity index (χ2v) is 5.27. The maximum Gasteiger partial charge on any atom is 0.328 e. The number of rotatable bonds is 6. The predicted molar refractivity (Wildman–Crippen MR) is 93.3 cm³/mol. The largest absolute Gasteiger partial charge is 0.459 e. The Kier molecular flexibility index (Phi) is 6.94. The van der Waals surface area contributed by atoms with Gasteiger partial charge in [0.15, 0.2) is 12.4 Å². The van der Waals surface area contributed by atoms with Crippen LogP contribution in [-0.2, 0) is 14.3 Å². The Labute approximate surface area is 154 Å². The zero-order valence-electron chi connectivity index (χ0n) is 14.4. The highest BCUT2D eigenvalue weighted by Gasteiger charge is 2.18. The summed E-state index contributed by atoms with van der Waals surface area (Å²) in [4.78, 5) is 46.7. The molecule has 142 valence electrons. The van der Waals surface area contributed by atoms with Crippen LogP contribution < -0.4 is 21.5 Å². The van der Waals surface area contributed by atoms with Gasteiger partial charge in [-0.1, -0.05) is 18.2 Å². The van der Waals surface area contributed by atoms with Gasteiger partial charge in [-0.05, 0) is 31.2 Å². The van der Waals surface area contributed by atoms with Crippen LogP contribution in [0.4, 0.5) is 10.5 Å². The van der Waals surface area contributed by atoms with E-state index >= 15 is 0 Å². The van der Waals surface area contributed by atoms with E-state index in [4.69, 9.17) is 9.15 Å². The molecule has 10 heteroatoms. The van der Waals surface area contributed by atoms with Gasteiger partial charge in [-0.3, -0.25) is 20.4 Å². The summed E-state index contributed by atoms with van der Waals surface area (Å²) in [6.07, 6.45) is 1.31. The van der Waals surface area contributed by atoms with Gasteiger partial charge in [0.2, 0.25) is 0 Å². The highest BCUT2D eigenvalue weighted by molar-refractivity contribution is 5.94. The highest BCUT2D eigenvalue weighted by atomic mass is 16.5. The fraction of sp³-hybridized carbons (Fsp3) is 0.176. The number of amides is 4. The van der Waals surface area contributed by atoms with E-state index in [0.717, 1.165) is 0 Å². The van der Waals surface area contributed by atoms with Gasteiger partial charge in [0, 0.05) is 5.69 Å². The van der Waals surface area contributed by atoms with E-state index in [9.17, 15) is 19.2 Å². The van der Waals surface area contributed by atoms with E-state index < -0.39 is 36.5 Å². The number of hydrogen-bond acceptors (Lipinski definition) is 6. The Morgan fingerprint density at radius 3 is 2.44 bits per heavy atom. The van der Waals surface area contributed by atoms with Crippen molar-refractivity contribution in [1.82, 2.24) is 16.2 Å². The molecule has 1 aromatic carbocycles. The molecule has 0 aliphatic rings. The maximum absolute atomic E-state index is 11.8. The molecule has 10 nitrogen and oxygen atoms in total. The number of carbonyl (C=O) groups is 4. The van der Waals surface area contributed by atoms with Crippen molar-refractivity contribution in [3.8, 4) is 0 Å². The van der Waals surface area contributed by atoms with Gasteiger partial charge >= 0.3 is 17.9 Å². The molecule has 0 saturated carbocycles. The van der Waals surface area contributed by atoms with Gasteiger partial charge in [-0.15, -0.1) is 0 Å². The molecule has 0 spiro atoms. The molecule has 0 bridgehead atoms. The lowest BCUT2D eigenvalue weighted by Gasteiger charge is -2.14.